The molecular weight excluding hydrogens is 661 g/mol. The van der Waals surface area contributed by atoms with Gasteiger partial charge in [0.25, 0.3) is 0 Å². The Hall–Kier alpha value is -2.04. The molecule has 0 rings (SSSR count). The maximum absolute atomic E-state index is 12.2. The summed E-state index contributed by atoms with van der Waals surface area (Å²) in [7, 11) is -4.74. The Morgan fingerprint density at radius 1 is 0.640 bits per heavy atom. The molecule has 0 aromatic heterocycles. The number of nitrogens with one attached hydrogen (secondary N) is 1. The number of phosphoric ester groups is 1. The second-order valence-electron chi connectivity index (χ2n) is 13.1. The molecule has 292 valence electrons. The lowest BCUT2D eigenvalue weighted by Crippen LogP contribution is -2.43. The van der Waals surface area contributed by atoms with E-state index in [4.69, 9.17) is 13.8 Å². The molecule has 4 N–H and O–H groups in total. The Morgan fingerprint density at radius 3 is 1.64 bits per heavy atom. The van der Waals surface area contributed by atoms with Gasteiger partial charge >= 0.3 is 19.8 Å². The van der Waals surface area contributed by atoms with Gasteiger partial charge in [0.05, 0.1) is 13.2 Å². The van der Waals surface area contributed by atoms with Gasteiger partial charge in [-0.2, -0.15) is 0 Å². The van der Waals surface area contributed by atoms with Crippen LogP contribution >= 0.6 is 7.82 Å². The number of unbranched alkanes of at least 4 members (excludes halogenated alkanes) is 18. The first-order valence-electron chi connectivity index (χ1n) is 19.4. The van der Waals surface area contributed by atoms with Gasteiger partial charge in [0.1, 0.15) is 12.7 Å². The number of aliphatic hydroxyl groups excluding tert-OH is 1. The van der Waals surface area contributed by atoms with Crippen molar-refractivity contribution < 1.29 is 47.8 Å². The predicted molar refractivity (Wildman–Crippen MR) is 199 cm³/mol. The van der Waals surface area contributed by atoms with E-state index in [0.29, 0.717) is 12.8 Å². The van der Waals surface area contributed by atoms with E-state index >= 15 is 0 Å². The van der Waals surface area contributed by atoms with Gasteiger partial charge in [0.15, 0.2) is 6.04 Å². The molecule has 0 aliphatic heterocycles. The van der Waals surface area contributed by atoms with Gasteiger partial charge in [-0.25, -0.2) is 9.36 Å². The zero-order valence-electron chi connectivity index (χ0n) is 31.2. The fraction of sp³-hybridized carbons (Fsp3) is 0.816. The van der Waals surface area contributed by atoms with Crippen LogP contribution in [0.25, 0.3) is 0 Å². The van der Waals surface area contributed by atoms with Crippen LogP contribution in [0.4, 0.5) is 0 Å². The number of amides is 1. The first kappa shape index (κ1) is 48.0. The van der Waals surface area contributed by atoms with Crippen LogP contribution in [-0.4, -0.2) is 64.9 Å². The van der Waals surface area contributed by atoms with Crippen molar-refractivity contribution in [2.45, 2.75) is 180 Å². The molecule has 50 heavy (non-hydrogen) atoms. The standard InChI is InChI=1S/C38H70NO10P/c1-3-5-7-9-11-13-14-15-16-17-18-19-20-21-22-24-26-28-30-37(42)47-31-34(40)32-48-50(45,46)49-33-35(38(43)44)39-36(41)29-27-25-23-12-10-8-6-4-2/h13-14,16-17,34-35,40H,3-12,15,18-33H2,1-2H3,(H,39,41)(H,43,44)(H,45,46)/b14-13-,17-16-. The van der Waals surface area contributed by atoms with Crippen molar-refractivity contribution in [1.29, 1.82) is 0 Å². The Bertz CT molecular complexity index is 958. The van der Waals surface area contributed by atoms with Crippen molar-refractivity contribution in [3.05, 3.63) is 24.3 Å². The van der Waals surface area contributed by atoms with Gasteiger partial charge in [0, 0.05) is 12.8 Å². The summed E-state index contributed by atoms with van der Waals surface area (Å²) in [6.45, 7) is 2.50. The maximum atomic E-state index is 12.2. The Kier molecular flexibility index (Phi) is 32.7. The molecule has 0 aromatic carbocycles. The van der Waals surface area contributed by atoms with Crippen LogP contribution in [-0.2, 0) is 32.7 Å². The minimum atomic E-state index is -4.74. The molecule has 0 heterocycles. The quantitative estimate of drug-likeness (QED) is 0.0211. The number of carbonyl (C=O) groups is 3. The number of aliphatic carboxylic acids is 1. The van der Waals surface area contributed by atoms with Crippen molar-refractivity contribution in [2.24, 2.45) is 0 Å². The highest BCUT2D eigenvalue weighted by Crippen LogP contribution is 2.43. The summed E-state index contributed by atoms with van der Waals surface area (Å²) in [4.78, 5) is 45.5. The number of phosphoric acid groups is 1. The second-order valence-corrected chi connectivity index (χ2v) is 14.6. The van der Waals surface area contributed by atoms with E-state index in [0.717, 1.165) is 51.4 Å². The fourth-order valence-electron chi connectivity index (χ4n) is 5.17. The topological polar surface area (TPSA) is 169 Å². The van der Waals surface area contributed by atoms with E-state index in [2.05, 4.69) is 43.5 Å². The van der Waals surface area contributed by atoms with Gasteiger partial charge in [-0.1, -0.05) is 134 Å². The average molecular weight is 732 g/mol. The third-order valence-electron chi connectivity index (χ3n) is 8.24. The molecule has 3 atom stereocenters. The van der Waals surface area contributed by atoms with Gasteiger partial charge in [-0.3, -0.25) is 18.6 Å². The van der Waals surface area contributed by atoms with Gasteiger partial charge in [0.2, 0.25) is 5.91 Å². The molecule has 0 aromatic rings. The molecule has 0 saturated carbocycles. The summed E-state index contributed by atoms with van der Waals surface area (Å²) in [5.41, 5.74) is 0. The molecule has 0 bridgehead atoms. The van der Waals surface area contributed by atoms with Crippen LogP contribution in [0.5, 0.6) is 0 Å². The molecule has 11 nitrogen and oxygen atoms in total. The molecule has 0 aliphatic rings. The lowest BCUT2D eigenvalue weighted by Gasteiger charge is -2.18. The van der Waals surface area contributed by atoms with E-state index in [9.17, 15) is 34.1 Å². The zero-order valence-corrected chi connectivity index (χ0v) is 32.1. The number of hydrogen-bond donors (Lipinski definition) is 4. The van der Waals surface area contributed by atoms with Crippen LogP contribution in [0.15, 0.2) is 24.3 Å². The van der Waals surface area contributed by atoms with E-state index in [1.807, 2.05) is 0 Å². The van der Waals surface area contributed by atoms with E-state index < -0.39 is 57.6 Å². The Labute approximate surface area is 302 Å². The molecule has 12 heteroatoms. The summed E-state index contributed by atoms with van der Waals surface area (Å²) in [5, 5.41) is 21.7. The number of carboxylic acids is 1. The number of rotatable bonds is 36. The number of allylic oxidation sites excluding steroid dienone is 4. The van der Waals surface area contributed by atoms with E-state index in [-0.39, 0.29) is 12.8 Å². The number of esters is 1. The van der Waals surface area contributed by atoms with E-state index in [1.54, 1.807) is 0 Å². The Balaban J connectivity index is 3.90. The highest BCUT2D eigenvalue weighted by Gasteiger charge is 2.28. The second kappa shape index (κ2) is 34.1. The summed E-state index contributed by atoms with van der Waals surface area (Å²) in [5.74, 6) is -2.39. The Morgan fingerprint density at radius 2 is 1.10 bits per heavy atom. The van der Waals surface area contributed by atoms with Gasteiger partial charge in [-0.15, -0.1) is 0 Å². The summed E-state index contributed by atoms with van der Waals surface area (Å²) in [6, 6.07) is -1.54. The van der Waals surface area contributed by atoms with Crippen LogP contribution in [0.1, 0.15) is 168 Å². The first-order valence-corrected chi connectivity index (χ1v) is 20.9. The van der Waals surface area contributed by atoms with Crippen molar-refractivity contribution in [1.82, 2.24) is 5.32 Å². The normalized spacial score (nSPS) is 14.2. The number of carbonyl (C=O) groups excluding carboxylic acids is 2. The number of ether oxygens (including phenoxy) is 1. The van der Waals surface area contributed by atoms with Crippen LogP contribution in [0.2, 0.25) is 0 Å². The lowest BCUT2D eigenvalue weighted by molar-refractivity contribution is -0.147. The van der Waals surface area contributed by atoms with Gasteiger partial charge in [-0.05, 0) is 44.9 Å². The number of aliphatic hydroxyl groups is 1. The van der Waals surface area contributed by atoms with Crippen LogP contribution in [0, 0.1) is 0 Å². The van der Waals surface area contributed by atoms with Crippen LogP contribution in [0.3, 0.4) is 0 Å². The van der Waals surface area contributed by atoms with Crippen molar-refractivity contribution in [3.8, 4) is 0 Å². The average Bonchev–Trinajstić information content (AvgIpc) is 3.08. The molecular formula is C38H70NO10P. The predicted octanol–water partition coefficient (Wildman–Crippen LogP) is 9.11. The molecule has 0 spiro atoms. The highest BCUT2D eigenvalue weighted by atomic mass is 31.2. The van der Waals surface area contributed by atoms with Crippen molar-refractivity contribution in [3.63, 3.8) is 0 Å². The monoisotopic (exact) mass is 731 g/mol. The van der Waals surface area contributed by atoms with Gasteiger partial charge < -0.3 is 25.2 Å². The summed E-state index contributed by atoms with van der Waals surface area (Å²) >= 11 is 0. The summed E-state index contributed by atoms with van der Waals surface area (Å²) in [6.07, 6.45) is 32.3. The first-order chi connectivity index (χ1) is 24.1. The van der Waals surface area contributed by atoms with Crippen LogP contribution < -0.4 is 5.32 Å². The smallest absolute Gasteiger partial charge is 0.472 e. The molecule has 0 aliphatic carbocycles. The minimum Gasteiger partial charge on any atom is -0.480 e. The van der Waals surface area contributed by atoms with Crippen molar-refractivity contribution >= 4 is 25.7 Å². The molecule has 0 radical (unpaired) electrons. The number of hydrogen-bond acceptors (Lipinski definition) is 8. The molecule has 1 amide bonds. The van der Waals surface area contributed by atoms with Crippen molar-refractivity contribution in [2.75, 3.05) is 19.8 Å². The third kappa shape index (κ3) is 33.1. The molecule has 0 fully saturated rings. The third-order valence-corrected chi connectivity index (χ3v) is 9.19. The highest BCUT2D eigenvalue weighted by molar-refractivity contribution is 7.47. The largest absolute Gasteiger partial charge is 0.480 e. The number of carboxylic acid groups (broad SMARTS) is 1. The SMILES string of the molecule is CCCCCC/C=C\C/C=C\CCCCCCCCCC(=O)OCC(O)COP(=O)(O)OCC(NC(=O)CCCCCCCCCC)C(=O)O. The molecule has 3 unspecified atom stereocenters. The minimum absolute atomic E-state index is 0.146. The fourth-order valence-corrected chi connectivity index (χ4v) is 5.94. The molecule has 0 saturated heterocycles. The zero-order chi connectivity index (χ0) is 37.1. The van der Waals surface area contributed by atoms with E-state index in [1.165, 1.54) is 77.0 Å². The summed E-state index contributed by atoms with van der Waals surface area (Å²) < 4.78 is 26.7. The lowest BCUT2D eigenvalue weighted by atomic mass is 10.1. The maximum Gasteiger partial charge on any atom is 0.472 e.